The molecule has 0 aliphatic carbocycles. The van der Waals surface area contributed by atoms with Gasteiger partial charge in [-0.3, -0.25) is 9.80 Å². The Morgan fingerprint density at radius 2 is 2.09 bits per heavy atom. The molecule has 2 heterocycles. The SMILES string of the molecule is C=CCOC(=O)C1C(=O)Cc2ccccc2N1N1CCNCC1. The van der Waals surface area contributed by atoms with Crippen molar-refractivity contribution in [2.75, 3.05) is 37.8 Å². The van der Waals surface area contributed by atoms with Crippen molar-refractivity contribution in [1.82, 2.24) is 10.3 Å². The summed E-state index contributed by atoms with van der Waals surface area (Å²) in [6.07, 6.45) is 1.76. The quantitative estimate of drug-likeness (QED) is 0.497. The zero-order chi connectivity index (χ0) is 16.2. The second-order valence-electron chi connectivity index (χ2n) is 5.64. The van der Waals surface area contributed by atoms with Crippen molar-refractivity contribution >= 4 is 17.4 Å². The zero-order valence-electron chi connectivity index (χ0n) is 13.0. The van der Waals surface area contributed by atoms with Gasteiger partial charge in [0.25, 0.3) is 0 Å². The number of hydrogen-bond donors (Lipinski definition) is 1. The van der Waals surface area contributed by atoms with Gasteiger partial charge in [-0.15, -0.1) is 0 Å². The third kappa shape index (κ3) is 3.13. The van der Waals surface area contributed by atoms with E-state index in [0.717, 1.165) is 37.4 Å². The van der Waals surface area contributed by atoms with Crippen LogP contribution >= 0.6 is 0 Å². The summed E-state index contributed by atoms with van der Waals surface area (Å²) in [6.45, 7) is 6.79. The number of hydrogen-bond acceptors (Lipinski definition) is 6. The molecular formula is C17H21N3O3. The number of ether oxygens (including phenoxy) is 1. The lowest BCUT2D eigenvalue weighted by molar-refractivity contribution is -0.148. The number of nitrogens with zero attached hydrogens (tertiary/aromatic N) is 2. The number of carbonyl (C=O) groups is 2. The summed E-state index contributed by atoms with van der Waals surface area (Å²) >= 11 is 0. The molecule has 122 valence electrons. The fourth-order valence-corrected chi connectivity index (χ4v) is 3.08. The highest BCUT2D eigenvalue weighted by Gasteiger charge is 2.42. The number of rotatable bonds is 4. The van der Waals surface area contributed by atoms with Crippen molar-refractivity contribution in [2.45, 2.75) is 12.5 Å². The van der Waals surface area contributed by atoms with Crippen LogP contribution in [-0.4, -0.2) is 55.6 Å². The summed E-state index contributed by atoms with van der Waals surface area (Å²) in [6, 6.07) is 6.82. The molecule has 0 aromatic heterocycles. The second-order valence-corrected chi connectivity index (χ2v) is 5.64. The zero-order valence-corrected chi connectivity index (χ0v) is 13.0. The highest BCUT2D eigenvalue weighted by molar-refractivity contribution is 6.09. The fourth-order valence-electron chi connectivity index (χ4n) is 3.08. The number of Topliss-reactive ketones (excluding diaryl/α,β-unsaturated/α-hetero) is 1. The van der Waals surface area contributed by atoms with Gasteiger partial charge in [-0.2, -0.15) is 0 Å². The Morgan fingerprint density at radius 1 is 1.35 bits per heavy atom. The first kappa shape index (κ1) is 15.7. The Hall–Kier alpha value is -2.18. The third-order valence-electron chi connectivity index (χ3n) is 4.12. The number of nitrogens with one attached hydrogen (secondary N) is 1. The van der Waals surface area contributed by atoms with Crippen molar-refractivity contribution in [3.63, 3.8) is 0 Å². The summed E-state index contributed by atoms with van der Waals surface area (Å²) in [5, 5.41) is 7.17. The van der Waals surface area contributed by atoms with Gasteiger partial charge in [0.05, 0.1) is 5.69 Å². The molecule has 0 spiro atoms. The molecule has 0 bridgehead atoms. The summed E-state index contributed by atoms with van der Waals surface area (Å²) < 4.78 is 5.18. The highest BCUT2D eigenvalue weighted by Crippen LogP contribution is 2.31. The molecule has 1 N–H and O–H groups in total. The first-order valence-corrected chi connectivity index (χ1v) is 7.85. The Kier molecular flexibility index (Phi) is 4.73. The topological polar surface area (TPSA) is 61.9 Å². The van der Waals surface area contributed by atoms with E-state index < -0.39 is 12.0 Å². The van der Waals surface area contributed by atoms with Gasteiger partial charge in [-0.05, 0) is 11.6 Å². The van der Waals surface area contributed by atoms with E-state index >= 15 is 0 Å². The minimum atomic E-state index is -0.914. The van der Waals surface area contributed by atoms with Crippen LogP contribution in [0.2, 0.25) is 0 Å². The molecule has 23 heavy (non-hydrogen) atoms. The van der Waals surface area contributed by atoms with Crippen molar-refractivity contribution in [2.24, 2.45) is 0 Å². The summed E-state index contributed by atoms with van der Waals surface area (Å²) in [7, 11) is 0. The van der Waals surface area contributed by atoms with Gasteiger partial charge < -0.3 is 10.1 Å². The van der Waals surface area contributed by atoms with E-state index in [-0.39, 0.29) is 18.8 Å². The molecule has 0 radical (unpaired) electrons. The van der Waals surface area contributed by atoms with E-state index in [4.69, 9.17) is 4.74 Å². The standard InChI is InChI=1S/C17H21N3O3/c1-2-11-23-17(22)16-15(21)12-13-5-3-4-6-14(13)20(16)19-9-7-18-8-10-19/h2-6,16,18H,1,7-12H2. The second kappa shape index (κ2) is 6.93. The molecule has 0 amide bonds. The molecule has 1 aromatic rings. The van der Waals surface area contributed by atoms with Crippen molar-refractivity contribution in [3.8, 4) is 0 Å². The third-order valence-corrected chi connectivity index (χ3v) is 4.12. The van der Waals surface area contributed by atoms with Crippen molar-refractivity contribution < 1.29 is 14.3 Å². The Labute approximate surface area is 135 Å². The number of hydrazine groups is 1. The van der Waals surface area contributed by atoms with Gasteiger partial charge in [0.1, 0.15) is 6.61 Å². The molecule has 1 saturated heterocycles. The first-order chi connectivity index (χ1) is 11.2. The lowest BCUT2D eigenvalue weighted by Crippen LogP contribution is -2.62. The number of esters is 1. The van der Waals surface area contributed by atoms with Crippen LogP contribution in [0.4, 0.5) is 5.69 Å². The minimum absolute atomic E-state index is 0.111. The van der Waals surface area contributed by atoms with Crippen molar-refractivity contribution in [3.05, 3.63) is 42.5 Å². The van der Waals surface area contributed by atoms with Gasteiger partial charge >= 0.3 is 5.97 Å². The van der Waals surface area contributed by atoms with Crippen LogP contribution in [0.15, 0.2) is 36.9 Å². The molecule has 1 unspecified atom stereocenters. The van der Waals surface area contributed by atoms with E-state index in [1.807, 2.05) is 29.3 Å². The smallest absolute Gasteiger partial charge is 0.338 e. The van der Waals surface area contributed by atoms with Gasteiger partial charge in [-0.1, -0.05) is 30.9 Å². The number of para-hydroxylation sites is 1. The Bertz CT molecular complexity index is 611. The molecule has 6 heteroatoms. The van der Waals surface area contributed by atoms with E-state index in [2.05, 4.69) is 16.9 Å². The number of piperazine rings is 1. The van der Waals surface area contributed by atoms with Gasteiger partial charge in [-0.25, -0.2) is 9.80 Å². The van der Waals surface area contributed by atoms with E-state index in [1.165, 1.54) is 6.08 Å². The normalized spacial score (nSPS) is 21.7. The molecule has 2 aliphatic heterocycles. The monoisotopic (exact) mass is 315 g/mol. The number of benzene rings is 1. The summed E-state index contributed by atoms with van der Waals surface area (Å²) in [5.41, 5.74) is 1.86. The summed E-state index contributed by atoms with van der Waals surface area (Å²) in [5.74, 6) is -0.640. The van der Waals surface area contributed by atoms with E-state index in [0.29, 0.717) is 0 Å². The van der Waals surface area contributed by atoms with Crippen LogP contribution in [-0.2, 0) is 20.7 Å². The maximum atomic E-state index is 12.6. The average Bonchev–Trinajstić information content (AvgIpc) is 2.59. The predicted molar refractivity (Wildman–Crippen MR) is 87.0 cm³/mol. The Morgan fingerprint density at radius 3 is 2.83 bits per heavy atom. The fraction of sp³-hybridized carbons (Fsp3) is 0.412. The molecule has 1 atom stereocenters. The van der Waals surface area contributed by atoms with E-state index in [1.54, 1.807) is 0 Å². The molecule has 6 nitrogen and oxygen atoms in total. The average molecular weight is 315 g/mol. The maximum Gasteiger partial charge on any atom is 0.338 e. The number of carbonyl (C=O) groups excluding carboxylic acids is 2. The van der Waals surface area contributed by atoms with Crippen LogP contribution in [0.5, 0.6) is 0 Å². The highest BCUT2D eigenvalue weighted by atomic mass is 16.5. The lowest BCUT2D eigenvalue weighted by atomic mass is 9.95. The van der Waals surface area contributed by atoms with Crippen LogP contribution in [0.1, 0.15) is 5.56 Å². The van der Waals surface area contributed by atoms with Gasteiger partial charge in [0.15, 0.2) is 5.78 Å². The van der Waals surface area contributed by atoms with Gasteiger partial charge in [0.2, 0.25) is 6.04 Å². The maximum absolute atomic E-state index is 12.6. The number of fused-ring (bicyclic) bond motifs is 1. The van der Waals surface area contributed by atoms with Crippen LogP contribution < -0.4 is 10.3 Å². The first-order valence-electron chi connectivity index (χ1n) is 7.85. The molecule has 3 rings (SSSR count). The lowest BCUT2D eigenvalue weighted by Gasteiger charge is -2.45. The summed E-state index contributed by atoms with van der Waals surface area (Å²) in [4.78, 5) is 25.1. The molecule has 2 aliphatic rings. The molecular weight excluding hydrogens is 294 g/mol. The van der Waals surface area contributed by atoms with Crippen molar-refractivity contribution in [1.29, 1.82) is 0 Å². The van der Waals surface area contributed by atoms with Crippen LogP contribution in [0.25, 0.3) is 0 Å². The largest absolute Gasteiger partial charge is 0.460 e. The predicted octanol–water partition coefficient (Wildman–Crippen LogP) is 0.536. The number of ketones is 1. The minimum Gasteiger partial charge on any atom is -0.460 e. The van der Waals surface area contributed by atoms with E-state index in [9.17, 15) is 9.59 Å². The molecule has 0 saturated carbocycles. The molecule has 1 aromatic carbocycles. The Balaban J connectivity index is 1.96. The van der Waals surface area contributed by atoms with Crippen LogP contribution in [0.3, 0.4) is 0 Å². The van der Waals surface area contributed by atoms with Gasteiger partial charge in [0, 0.05) is 32.6 Å². The number of anilines is 1. The molecule has 1 fully saturated rings. The van der Waals surface area contributed by atoms with Crippen LogP contribution in [0, 0.1) is 0 Å².